The maximum absolute atomic E-state index is 9.44. The second kappa shape index (κ2) is 13.2. The summed E-state index contributed by atoms with van der Waals surface area (Å²) < 4.78 is 0. The lowest BCUT2D eigenvalue weighted by Gasteiger charge is -1.71. The van der Waals surface area contributed by atoms with E-state index in [9.17, 15) is 9.59 Å². The maximum Gasteiger partial charge on any atom is 0.303 e. The number of Topliss-reactive ketones (excluding diaryl/α,β-unsaturated/α-hetero) is 1. The molecule has 78 valence electrons. The summed E-state index contributed by atoms with van der Waals surface area (Å²) in [6.07, 6.45) is 0.222. The van der Waals surface area contributed by atoms with Crippen LogP contribution < -0.4 is 0 Å². The average molecular weight is 192 g/mol. The molecule has 13 heavy (non-hydrogen) atoms. The average Bonchev–Trinajstić information content (AvgIpc) is 1.84. The van der Waals surface area contributed by atoms with Crippen LogP contribution in [0.1, 0.15) is 34.1 Å². The Morgan fingerprint density at radius 3 is 1.08 bits per heavy atom. The van der Waals surface area contributed by atoms with Gasteiger partial charge in [-0.05, 0) is 13.8 Å². The molecule has 5 heteroatoms. The van der Waals surface area contributed by atoms with Crippen molar-refractivity contribution in [2.45, 2.75) is 34.1 Å². The summed E-state index contributed by atoms with van der Waals surface area (Å²) >= 11 is 0. The third kappa shape index (κ3) is 2110. The number of carbonyl (C=O) groups is 3. The van der Waals surface area contributed by atoms with Crippen molar-refractivity contribution in [1.29, 1.82) is 0 Å². The Morgan fingerprint density at radius 1 is 1.00 bits per heavy atom. The molecule has 0 aromatic carbocycles. The maximum atomic E-state index is 9.44. The Bertz CT molecular complexity index is 142. The van der Waals surface area contributed by atoms with Crippen molar-refractivity contribution >= 4 is 17.7 Å². The lowest BCUT2D eigenvalue weighted by atomic mass is 10.5. The molecule has 0 atom stereocenters. The molecule has 0 aromatic heterocycles. The van der Waals surface area contributed by atoms with Gasteiger partial charge in [-0.25, -0.2) is 0 Å². The molecule has 2 N–H and O–H groups in total. The Balaban J connectivity index is -0.000000117. The quantitative estimate of drug-likeness (QED) is 0.650. The fourth-order valence-corrected chi connectivity index (χ4v) is 0. The summed E-state index contributed by atoms with van der Waals surface area (Å²) in [5.74, 6) is -1.41. The molecule has 5 nitrogen and oxygen atoms in total. The largest absolute Gasteiger partial charge is 0.481 e. The standard InChI is InChI=1S/C3H6O2.C3H6O.C2H4O2/c1-2-3(4)5;1-3(2)4;1-2(3)4/h2H2,1H3,(H,4,5);1-2H3;1H3,(H,3,4). The molecule has 0 rings (SSSR count). The van der Waals surface area contributed by atoms with Gasteiger partial charge in [-0.2, -0.15) is 0 Å². The van der Waals surface area contributed by atoms with Crippen LogP contribution in [0.15, 0.2) is 0 Å². The highest BCUT2D eigenvalue weighted by Crippen LogP contribution is 1.67. The van der Waals surface area contributed by atoms with Crippen molar-refractivity contribution in [3.63, 3.8) is 0 Å². The second-order valence-electron chi connectivity index (χ2n) is 2.17. The monoisotopic (exact) mass is 192 g/mol. The van der Waals surface area contributed by atoms with Gasteiger partial charge in [0.25, 0.3) is 5.97 Å². The van der Waals surface area contributed by atoms with Gasteiger partial charge in [0.05, 0.1) is 0 Å². The summed E-state index contributed by atoms with van der Waals surface area (Å²) in [6, 6.07) is 0. The van der Waals surface area contributed by atoms with Gasteiger partial charge >= 0.3 is 5.97 Å². The van der Waals surface area contributed by atoms with Crippen LogP contribution in [-0.2, 0) is 14.4 Å². The minimum Gasteiger partial charge on any atom is -0.481 e. The summed E-state index contributed by atoms with van der Waals surface area (Å²) in [6.45, 7) is 5.74. The highest BCUT2D eigenvalue weighted by Gasteiger charge is 1.80. The first-order valence-electron chi connectivity index (χ1n) is 3.62. The van der Waals surface area contributed by atoms with Crippen LogP contribution in [0.25, 0.3) is 0 Å². The van der Waals surface area contributed by atoms with Crippen LogP contribution in [-0.4, -0.2) is 27.9 Å². The molecule has 0 saturated heterocycles. The minimum absolute atomic E-state index is 0.167. The van der Waals surface area contributed by atoms with Gasteiger partial charge in [0.1, 0.15) is 5.78 Å². The molecule has 0 aromatic rings. The second-order valence-corrected chi connectivity index (χ2v) is 2.17. The topological polar surface area (TPSA) is 91.7 Å². The highest BCUT2D eigenvalue weighted by atomic mass is 16.4. The SMILES string of the molecule is CC(=O)O.CC(C)=O.CCC(=O)O. The number of carbonyl (C=O) groups excluding carboxylic acids is 1. The van der Waals surface area contributed by atoms with E-state index in [-0.39, 0.29) is 12.2 Å². The lowest BCUT2D eigenvalue weighted by molar-refractivity contribution is -0.137. The van der Waals surface area contributed by atoms with Gasteiger partial charge in [0.2, 0.25) is 0 Å². The number of carboxylic acids is 2. The Kier molecular flexibility index (Phi) is 17.9. The fourth-order valence-electron chi connectivity index (χ4n) is 0. The number of hydrogen-bond donors (Lipinski definition) is 2. The summed E-state index contributed by atoms with van der Waals surface area (Å²) in [5.41, 5.74) is 0. The number of carboxylic acid groups (broad SMARTS) is 2. The van der Waals surface area contributed by atoms with Crippen molar-refractivity contribution in [1.82, 2.24) is 0 Å². The van der Waals surface area contributed by atoms with E-state index in [2.05, 4.69) is 0 Å². The zero-order valence-electron chi connectivity index (χ0n) is 8.33. The molecule has 0 unspecified atom stereocenters. The van der Waals surface area contributed by atoms with E-state index in [1.165, 1.54) is 13.8 Å². The molecule has 0 aliphatic heterocycles. The zero-order chi connectivity index (χ0) is 11.4. The molecule has 0 aliphatic rings. The van der Waals surface area contributed by atoms with Crippen LogP contribution >= 0.6 is 0 Å². The van der Waals surface area contributed by atoms with Gasteiger partial charge in [0.15, 0.2) is 0 Å². The van der Waals surface area contributed by atoms with Gasteiger partial charge < -0.3 is 15.0 Å². The third-order valence-electron chi connectivity index (χ3n) is 0.302. The lowest BCUT2D eigenvalue weighted by Crippen LogP contribution is -1.86. The van der Waals surface area contributed by atoms with E-state index in [0.29, 0.717) is 0 Å². The zero-order valence-corrected chi connectivity index (χ0v) is 8.33. The fraction of sp³-hybridized carbons (Fsp3) is 0.625. The predicted octanol–water partition coefficient (Wildman–Crippen LogP) is 1.17. The van der Waals surface area contributed by atoms with E-state index < -0.39 is 11.9 Å². The number of rotatable bonds is 1. The molecule has 0 spiro atoms. The van der Waals surface area contributed by atoms with Crippen LogP contribution in [0.3, 0.4) is 0 Å². The van der Waals surface area contributed by atoms with Crippen LogP contribution in [0, 0.1) is 0 Å². The normalized spacial score (nSPS) is 6.77. The van der Waals surface area contributed by atoms with Crippen LogP contribution in [0.5, 0.6) is 0 Å². The van der Waals surface area contributed by atoms with Gasteiger partial charge in [-0.3, -0.25) is 9.59 Å². The Labute approximate surface area is 77.4 Å². The summed E-state index contributed by atoms with van der Waals surface area (Å²) in [4.78, 5) is 27.8. The van der Waals surface area contributed by atoms with E-state index >= 15 is 0 Å². The van der Waals surface area contributed by atoms with Crippen molar-refractivity contribution in [3.8, 4) is 0 Å². The van der Waals surface area contributed by atoms with E-state index in [1.807, 2.05) is 0 Å². The highest BCUT2D eigenvalue weighted by molar-refractivity contribution is 5.72. The van der Waals surface area contributed by atoms with Crippen LogP contribution in [0.2, 0.25) is 0 Å². The molecule has 0 amide bonds. The first-order valence-corrected chi connectivity index (χ1v) is 3.62. The predicted molar refractivity (Wildman–Crippen MR) is 47.6 cm³/mol. The van der Waals surface area contributed by atoms with Crippen molar-refractivity contribution in [2.24, 2.45) is 0 Å². The van der Waals surface area contributed by atoms with Crippen molar-refractivity contribution < 1.29 is 24.6 Å². The summed E-state index contributed by atoms with van der Waals surface area (Å²) in [7, 11) is 0. The van der Waals surface area contributed by atoms with Crippen LogP contribution in [0.4, 0.5) is 0 Å². The Morgan fingerprint density at radius 2 is 1.08 bits per heavy atom. The van der Waals surface area contributed by atoms with Gasteiger partial charge in [-0.15, -0.1) is 0 Å². The molecule has 0 bridgehead atoms. The van der Waals surface area contributed by atoms with Gasteiger partial charge in [0, 0.05) is 13.3 Å². The van der Waals surface area contributed by atoms with E-state index in [0.717, 1.165) is 6.92 Å². The van der Waals surface area contributed by atoms with E-state index in [4.69, 9.17) is 15.0 Å². The first kappa shape index (κ1) is 17.6. The first-order chi connectivity index (χ1) is 5.73. The molecule has 0 aliphatic carbocycles. The molecule has 0 heterocycles. The molecule has 0 saturated carbocycles. The molecular weight excluding hydrogens is 176 g/mol. The Hall–Kier alpha value is -1.39. The number of aliphatic carboxylic acids is 2. The number of hydrogen-bond acceptors (Lipinski definition) is 3. The molecular formula is C8H16O5. The van der Waals surface area contributed by atoms with Crippen molar-refractivity contribution in [3.05, 3.63) is 0 Å². The molecule has 0 radical (unpaired) electrons. The smallest absolute Gasteiger partial charge is 0.303 e. The van der Waals surface area contributed by atoms with Gasteiger partial charge in [-0.1, -0.05) is 6.92 Å². The number of ketones is 1. The third-order valence-corrected chi connectivity index (χ3v) is 0.302. The summed E-state index contributed by atoms with van der Waals surface area (Å²) in [5, 5.41) is 15.1. The molecule has 0 fully saturated rings. The van der Waals surface area contributed by atoms with Crippen molar-refractivity contribution in [2.75, 3.05) is 0 Å². The van der Waals surface area contributed by atoms with E-state index in [1.54, 1.807) is 6.92 Å². The minimum atomic E-state index is -0.833.